The van der Waals surface area contributed by atoms with Gasteiger partial charge < -0.3 is 25.3 Å². The number of aliphatic hydroxyl groups is 1. The number of carbonyl (C=O) groups excluding carboxylic acids is 1. The van der Waals surface area contributed by atoms with Gasteiger partial charge in [0.05, 0.1) is 5.57 Å². The molecule has 3 N–H and O–H groups in total. The third-order valence-electron chi connectivity index (χ3n) is 9.67. The lowest BCUT2D eigenvalue weighted by Crippen LogP contribution is -2.53. The highest BCUT2D eigenvalue weighted by Gasteiger charge is 2.48. The Labute approximate surface area is 244 Å². The van der Waals surface area contributed by atoms with Crippen LogP contribution in [0.2, 0.25) is 0 Å². The van der Waals surface area contributed by atoms with Gasteiger partial charge in [-0.3, -0.25) is 4.99 Å². The average Bonchev–Trinajstić information content (AvgIpc) is 3.64. The molecule has 1 aliphatic carbocycles. The molecule has 9 nitrogen and oxygen atoms in total. The van der Waals surface area contributed by atoms with Gasteiger partial charge in [-0.05, 0) is 76.1 Å². The van der Waals surface area contributed by atoms with Crippen molar-refractivity contribution in [2.45, 2.75) is 103 Å². The number of amidine groups is 1. The molecule has 4 unspecified atom stereocenters. The number of nitrogens with one attached hydrogen (secondary N) is 2. The van der Waals surface area contributed by atoms with Crippen LogP contribution in [0.1, 0.15) is 83.8 Å². The van der Waals surface area contributed by atoms with Crippen LogP contribution in [0.25, 0.3) is 0 Å². The minimum absolute atomic E-state index is 0.145. The fraction of sp³-hybridized carbons (Fsp3) is 0.656. The number of hydrazine groups is 1. The lowest BCUT2D eigenvalue weighted by atomic mass is 9.76. The monoisotopic (exact) mass is 565 g/mol. The van der Waals surface area contributed by atoms with Crippen molar-refractivity contribution >= 4 is 17.5 Å². The number of ether oxygens (including phenoxy) is 2. The Morgan fingerprint density at radius 1 is 1.24 bits per heavy atom. The standard InChI is InChI=1S/C32H47N5O4/c1-6-24-17-23(11-12-28(24)40-16-15-33-5)13-14-32(25-9-7-8-10-25)19-27(38)26(30(39)41-32)18-29-35-31-34-21(3)20(2)22(4)37(31)36-29/h11-12,17,20,22,25,31,33,38H,6-10,13-16,18-19H2,1-5H3,(H,35,36). The smallest absolute Gasteiger partial charge is 0.338 e. The van der Waals surface area contributed by atoms with Crippen LogP contribution in [-0.2, 0) is 22.4 Å². The maximum Gasteiger partial charge on any atom is 0.338 e. The predicted molar refractivity (Wildman–Crippen MR) is 161 cm³/mol. The molecule has 5 rings (SSSR count). The molecular weight excluding hydrogens is 518 g/mol. The maximum atomic E-state index is 13.5. The molecule has 4 atom stereocenters. The molecule has 0 spiro atoms. The zero-order valence-electron chi connectivity index (χ0n) is 25.3. The topological polar surface area (TPSA) is 108 Å². The highest BCUT2D eigenvalue weighted by molar-refractivity contribution is 5.98. The van der Waals surface area contributed by atoms with Gasteiger partial charge in [0.2, 0.25) is 6.29 Å². The Bertz CT molecular complexity index is 1220. The van der Waals surface area contributed by atoms with Crippen LogP contribution in [-0.4, -0.2) is 65.8 Å². The van der Waals surface area contributed by atoms with Crippen molar-refractivity contribution in [2.75, 3.05) is 20.2 Å². The molecule has 0 aromatic heterocycles. The SMILES string of the molecule is CCc1cc(CCC2(C3CCCC3)CC(O)=C(CC3=NC4N=C(C)C(C)C(C)N4N3)C(=O)O2)ccc1OCCNC. The molecule has 0 amide bonds. The predicted octanol–water partition coefficient (Wildman–Crippen LogP) is 4.86. The van der Waals surface area contributed by atoms with Gasteiger partial charge in [-0.15, -0.1) is 0 Å². The van der Waals surface area contributed by atoms with Gasteiger partial charge in [0.15, 0.2) is 0 Å². The van der Waals surface area contributed by atoms with Crippen molar-refractivity contribution in [3.63, 3.8) is 0 Å². The van der Waals surface area contributed by atoms with Gasteiger partial charge >= 0.3 is 5.97 Å². The molecule has 0 bridgehead atoms. The van der Waals surface area contributed by atoms with Crippen molar-refractivity contribution < 1.29 is 19.4 Å². The number of esters is 1. The van der Waals surface area contributed by atoms with Crippen LogP contribution < -0.4 is 15.5 Å². The highest BCUT2D eigenvalue weighted by Crippen LogP contribution is 2.46. The Morgan fingerprint density at radius 2 is 2.02 bits per heavy atom. The second-order valence-electron chi connectivity index (χ2n) is 12.2. The van der Waals surface area contributed by atoms with Crippen molar-refractivity contribution in [2.24, 2.45) is 21.8 Å². The van der Waals surface area contributed by atoms with Crippen molar-refractivity contribution in [1.82, 2.24) is 15.8 Å². The number of aliphatic imine (C=N–C) groups is 2. The fourth-order valence-electron chi connectivity index (χ4n) is 6.79. The van der Waals surface area contributed by atoms with Gasteiger partial charge in [-0.2, -0.15) is 5.01 Å². The molecule has 1 aromatic carbocycles. The molecule has 41 heavy (non-hydrogen) atoms. The number of carbonyl (C=O) groups is 1. The summed E-state index contributed by atoms with van der Waals surface area (Å²) in [5.41, 5.74) is 6.42. The maximum absolute atomic E-state index is 13.5. The van der Waals surface area contributed by atoms with E-state index in [1.165, 1.54) is 11.1 Å². The van der Waals surface area contributed by atoms with Crippen molar-refractivity contribution in [3.8, 4) is 5.75 Å². The summed E-state index contributed by atoms with van der Waals surface area (Å²) in [4.78, 5) is 23.0. The van der Waals surface area contributed by atoms with E-state index in [0.717, 1.165) is 56.5 Å². The zero-order chi connectivity index (χ0) is 29.1. The second-order valence-corrected chi connectivity index (χ2v) is 12.2. The van der Waals surface area contributed by atoms with Crippen LogP contribution in [0.3, 0.4) is 0 Å². The molecule has 4 aliphatic rings. The summed E-state index contributed by atoms with van der Waals surface area (Å²) >= 11 is 0. The van der Waals surface area contributed by atoms with E-state index in [1.54, 1.807) is 0 Å². The molecule has 1 saturated carbocycles. The summed E-state index contributed by atoms with van der Waals surface area (Å²) in [6.07, 6.45) is 6.89. The summed E-state index contributed by atoms with van der Waals surface area (Å²) in [5.74, 6) is 1.85. The molecule has 1 aromatic rings. The molecule has 1 fully saturated rings. The quantitative estimate of drug-likeness (QED) is 0.260. The number of likely N-dealkylation sites (N-methyl/N-ethyl adjacent to an activating group) is 1. The molecule has 3 aliphatic heterocycles. The minimum atomic E-state index is -0.691. The molecule has 224 valence electrons. The number of rotatable bonds is 11. The Balaban J connectivity index is 1.31. The van der Waals surface area contributed by atoms with E-state index < -0.39 is 11.6 Å². The van der Waals surface area contributed by atoms with E-state index in [1.807, 2.05) is 19.0 Å². The first-order valence-corrected chi connectivity index (χ1v) is 15.4. The highest BCUT2D eigenvalue weighted by atomic mass is 16.6. The third-order valence-corrected chi connectivity index (χ3v) is 9.67. The summed E-state index contributed by atoms with van der Waals surface area (Å²) in [7, 11) is 1.92. The molecule has 0 radical (unpaired) electrons. The number of cyclic esters (lactones) is 1. The number of aryl methyl sites for hydroxylation is 2. The Hall–Kier alpha value is -2.91. The van der Waals surface area contributed by atoms with Crippen LogP contribution in [0, 0.1) is 11.8 Å². The van der Waals surface area contributed by atoms with E-state index >= 15 is 0 Å². The molecule has 0 saturated heterocycles. The Morgan fingerprint density at radius 3 is 2.73 bits per heavy atom. The minimum Gasteiger partial charge on any atom is -0.512 e. The number of hydrogen-bond donors (Lipinski definition) is 3. The second kappa shape index (κ2) is 12.5. The first-order chi connectivity index (χ1) is 19.7. The van der Waals surface area contributed by atoms with Gasteiger partial charge in [0.25, 0.3) is 0 Å². The Kier molecular flexibility index (Phi) is 9.04. The molecule has 9 heteroatoms. The van der Waals surface area contributed by atoms with Gasteiger partial charge in [0.1, 0.15) is 29.6 Å². The normalized spacial score (nSPS) is 28.7. The van der Waals surface area contributed by atoms with Crippen LogP contribution in [0.5, 0.6) is 5.75 Å². The fourth-order valence-corrected chi connectivity index (χ4v) is 6.79. The van der Waals surface area contributed by atoms with E-state index in [4.69, 9.17) is 19.5 Å². The van der Waals surface area contributed by atoms with Crippen LogP contribution in [0.4, 0.5) is 0 Å². The molecule has 3 heterocycles. The van der Waals surface area contributed by atoms with E-state index in [0.29, 0.717) is 36.8 Å². The lowest BCUT2D eigenvalue weighted by Gasteiger charge is -2.42. The first kappa shape index (κ1) is 29.6. The van der Waals surface area contributed by atoms with E-state index in [9.17, 15) is 9.90 Å². The summed E-state index contributed by atoms with van der Waals surface area (Å²) in [6, 6.07) is 6.61. The third kappa shape index (κ3) is 6.16. The van der Waals surface area contributed by atoms with Gasteiger partial charge in [-0.1, -0.05) is 38.8 Å². The average molecular weight is 566 g/mol. The van der Waals surface area contributed by atoms with Gasteiger partial charge in [-0.25, -0.2) is 9.79 Å². The number of nitrogens with zero attached hydrogens (tertiary/aromatic N) is 3. The summed E-state index contributed by atoms with van der Waals surface area (Å²) < 4.78 is 12.3. The van der Waals surface area contributed by atoms with Crippen molar-refractivity contribution in [3.05, 3.63) is 40.7 Å². The molecular formula is C32H47N5O4. The number of benzene rings is 1. The summed E-state index contributed by atoms with van der Waals surface area (Å²) in [6.45, 7) is 9.91. The largest absolute Gasteiger partial charge is 0.512 e. The van der Waals surface area contributed by atoms with E-state index in [2.05, 4.69) is 49.7 Å². The van der Waals surface area contributed by atoms with Crippen LogP contribution >= 0.6 is 0 Å². The van der Waals surface area contributed by atoms with Gasteiger partial charge in [0, 0.05) is 37.1 Å². The zero-order valence-corrected chi connectivity index (χ0v) is 25.3. The number of fused-ring (bicyclic) bond motifs is 1. The lowest BCUT2D eigenvalue weighted by molar-refractivity contribution is -0.167. The van der Waals surface area contributed by atoms with Crippen LogP contribution in [0.15, 0.2) is 39.5 Å². The van der Waals surface area contributed by atoms with E-state index in [-0.39, 0.29) is 30.4 Å². The first-order valence-electron chi connectivity index (χ1n) is 15.4. The number of aliphatic hydroxyl groups excluding tert-OH is 1. The van der Waals surface area contributed by atoms with Crippen molar-refractivity contribution in [1.29, 1.82) is 0 Å². The number of hydrogen-bond acceptors (Lipinski definition) is 9. The summed E-state index contributed by atoms with van der Waals surface area (Å²) in [5, 5.41) is 16.5.